The van der Waals surface area contributed by atoms with Crippen molar-refractivity contribution in [2.75, 3.05) is 18.0 Å². The number of halogens is 2. The molecule has 1 aliphatic rings. The number of ether oxygens (including phenoxy) is 1. The lowest BCUT2D eigenvalue weighted by atomic mass is 9.95. The van der Waals surface area contributed by atoms with E-state index in [4.69, 9.17) is 27.9 Å². The molecule has 3 aromatic carbocycles. The number of nitrogens with zero attached hydrogens (tertiary/aromatic N) is 3. The second kappa shape index (κ2) is 15.8. The summed E-state index contributed by atoms with van der Waals surface area (Å²) < 4.78 is 34.5. The number of methoxy groups -OCH3 is 1. The van der Waals surface area contributed by atoms with Crippen LogP contribution in [0.4, 0.5) is 11.4 Å². The molecular formula is C33H38Cl2N4O7S. The summed E-state index contributed by atoms with van der Waals surface area (Å²) in [7, 11) is -3.07. The quantitative estimate of drug-likeness (QED) is 0.155. The summed E-state index contributed by atoms with van der Waals surface area (Å²) >= 11 is 12.4. The fraction of sp³-hybridized carbons (Fsp3) is 0.394. The minimum absolute atomic E-state index is 0.0132. The molecule has 252 valence electrons. The van der Waals surface area contributed by atoms with Gasteiger partial charge >= 0.3 is 0 Å². The van der Waals surface area contributed by atoms with Crippen LogP contribution in [0.15, 0.2) is 65.6 Å². The van der Waals surface area contributed by atoms with Crippen LogP contribution in [-0.2, 0) is 26.2 Å². The minimum Gasteiger partial charge on any atom is -0.497 e. The van der Waals surface area contributed by atoms with E-state index < -0.39 is 33.4 Å². The average Bonchev–Trinajstić information content (AvgIpc) is 3.05. The SMILES string of the molecule is CC[C@H](C(=O)NC1CCCCC1)N(Cc1ccc(Cl)c(Cl)c1)C(=O)CN(c1ccc(OC)cc1)S(=O)(=O)c1ccc(C)c([N+](=O)[O-])c1. The Morgan fingerprint density at radius 1 is 1.02 bits per heavy atom. The van der Waals surface area contributed by atoms with Gasteiger partial charge in [-0.25, -0.2) is 8.42 Å². The summed E-state index contributed by atoms with van der Waals surface area (Å²) in [5.74, 6) is -0.543. The first-order chi connectivity index (χ1) is 22.3. The molecule has 0 bridgehead atoms. The third kappa shape index (κ3) is 8.74. The van der Waals surface area contributed by atoms with Crippen LogP contribution in [0.25, 0.3) is 0 Å². The van der Waals surface area contributed by atoms with E-state index in [9.17, 15) is 28.1 Å². The molecule has 1 saturated carbocycles. The van der Waals surface area contributed by atoms with Gasteiger partial charge in [-0.15, -0.1) is 0 Å². The number of aryl methyl sites for hydroxylation is 1. The lowest BCUT2D eigenvalue weighted by Crippen LogP contribution is -2.54. The number of sulfonamides is 1. The van der Waals surface area contributed by atoms with E-state index in [1.807, 2.05) is 0 Å². The molecule has 11 nitrogen and oxygen atoms in total. The summed E-state index contributed by atoms with van der Waals surface area (Å²) in [5, 5.41) is 15.4. The van der Waals surface area contributed by atoms with Crippen molar-refractivity contribution in [2.45, 2.75) is 75.9 Å². The predicted octanol–water partition coefficient (Wildman–Crippen LogP) is 6.67. The highest BCUT2D eigenvalue weighted by atomic mass is 35.5. The third-order valence-electron chi connectivity index (χ3n) is 8.28. The Morgan fingerprint density at radius 2 is 1.70 bits per heavy atom. The van der Waals surface area contributed by atoms with Gasteiger partial charge in [-0.3, -0.25) is 24.0 Å². The molecule has 4 rings (SSSR count). The van der Waals surface area contributed by atoms with Gasteiger partial charge in [0, 0.05) is 24.2 Å². The lowest BCUT2D eigenvalue weighted by molar-refractivity contribution is -0.385. The second-order valence-electron chi connectivity index (χ2n) is 11.5. The van der Waals surface area contributed by atoms with Crippen LogP contribution >= 0.6 is 23.2 Å². The fourth-order valence-electron chi connectivity index (χ4n) is 5.65. The maximum Gasteiger partial charge on any atom is 0.273 e. The molecule has 47 heavy (non-hydrogen) atoms. The maximum atomic E-state index is 14.4. The van der Waals surface area contributed by atoms with Crippen molar-refractivity contribution >= 4 is 56.4 Å². The van der Waals surface area contributed by atoms with E-state index in [0.717, 1.165) is 42.5 Å². The van der Waals surface area contributed by atoms with Gasteiger partial charge in [0.1, 0.15) is 18.3 Å². The van der Waals surface area contributed by atoms with Crippen LogP contribution < -0.4 is 14.4 Å². The van der Waals surface area contributed by atoms with Crippen LogP contribution in [0.3, 0.4) is 0 Å². The van der Waals surface area contributed by atoms with E-state index in [2.05, 4.69) is 5.32 Å². The summed E-state index contributed by atoms with van der Waals surface area (Å²) in [4.78, 5) is 40.1. The zero-order valence-electron chi connectivity index (χ0n) is 26.4. The molecule has 0 aliphatic heterocycles. The van der Waals surface area contributed by atoms with Crippen molar-refractivity contribution in [3.63, 3.8) is 0 Å². The molecule has 14 heteroatoms. The molecule has 1 aliphatic carbocycles. The molecule has 0 saturated heterocycles. The van der Waals surface area contributed by atoms with Gasteiger partial charge in [0.15, 0.2) is 0 Å². The number of nitrogens with one attached hydrogen (secondary N) is 1. The zero-order chi connectivity index (χ0) is 34.3. The van der Waals surface area contributed by atoms with Gasteiger partial charge in [0.25, 0.3) is 15.7 Å². The first-order valence-corrected chi connectivity index (χ1v) is 17.5. The first kappa shape index (κ1) is 36.0. The smallest absolute Gasteiger partial charge is 0.273 e. The van der Waals surface area contributed by atoms with E-state index in [1.54, 1.807) is 37.3 Å². The van der Waals surface area contributed by atoms with Crippen LogP contribution in [0.5, 0.6) is 5.75 Å². The number of carbonyl (C=O) groups is 2. The molecule has 0 heterocycles. The summed E-state index contributed by atoms with van der Waals surface area (Å²) in [6, 6.07) is 13.5. The Labute approximate surface area is 285 Å². The van der Waals surface area contributed by atoms with Crippen molar-refractivity contribution < 1.29 is 27.7 Å². The number of nitro benzene ring substituents is 1. The molecule has 1 N–H and O–H groups in total. The largest absolute Gasteiger partial charge is 0.497 e. The highest BCUT2D eigenvalue weighted by Gasteiger charge is 2.35. The Balaban J connectivity index is 1.76. The molecule has 3 aromatic rings. The fourth-order valence-corrected chi connectivity index (χ4v) is 7.40. The van der Waals surface area contributed by atoms with Crippen molar-refractivity contribution in [1.29, 1.82) is 0 Å². The number of anilines is 1. The number of nitro groups is 1. The van der Waals surface area contributed by atoms with E-state index in [-0.39, 0.29) is 51.8 Å². The number of benzene rings is 3. The van der Waals surface area contributed by atoms with Crippen molar-refractivity contribution in [3.8, 4) is 5.75 Å². The summed E-state index contributed by atoms with van der Waals surface area (Å²) in [6.45, 7) is 2.52. The van der Waals surface area contributed by atoms with Crippen LogP contribution in [0, 0.1) is 17.0 Å². The molecule has 0 spiro atoms. The average molecular weight is 706 g/mol. The second-order valence-corrected chi connectivity index (χ2v) is 14.1. The highest BCUT2D eigenvalue weighted by molar-refractivity contribution is 7.92. The van der Waals surface area contributed by atoms with Gasteiger partial charge < -0.3 is 15.0 Å². The lowest BCUT2D eigenvalue weighted by Gasteiger charge is -2.34. The monoisotopic (exact) mass is 704 g/mol. The van der Waals surface area contributed by atoms with Gasteiger partial charge in [-0.2, -0.15) is 0 Å². The highest BCUT2D eigenvalue weighted by Crippen LogP contribution is 2.30. The molecule has 1 fully saturated rings. The Bertz CT molecular complexity index is 1710. The molecule has 1 atom stereocenters. The number of amides is 2. The summed E-state index contributed by atoms with van der Waals surface area (Å²) in [5.41, 5.74) is 0.614. The minimum atomic E-state index is -4.53. The van der Waals surface area contributed by atoms with Crippen molar-refractivity contribution in [3.05, 3.63) is 92.0 Å². The predicted molar refractivity (Wildman–Crippen MR) is 181 cm³/mol. The summed E-state index contributed by atoms with van der Waals surface area (Å²) in [6.07, 6.45) is 5.04. The van der Waals surface area contributed by atoms with Crippen LogP contribution in [0.1, 0.15) is 56.6 Å². The van der Waals surface area contributed by atoms with Crippen LogP contribution in [0.2, 0.25) is 10.0 Å². The number of hydrogen-bond acceptors (Lipinski definition) is 7. The normalized spacial score (nSPS) is 14.2. The first-order valence-electron chi connectivity index (χ1n) is 15.3. The Hall–Kier alpha value is -3.87. The Morgan fingerprint density at radius 3 is 2.30 bits per heavy atom. The van der Waals surface area contributed by atoms with Gasteiger partial charge in [0.2, 0.25) is 11.8 Å². The molecule has 2 amide bonds. The number of rotatable bonds is 13. The van der Waals surface area contributed by atoms with Gasteiger partial charge in [0.05, 0.1) is 32.7 Å². The van der Waals surface area contributed by atoms with Crippen molar-refractivity contribution in [1.82, 2.24) is 10.2 Å². The molecular weight excluding hydrogens is 667 g/mol. The van der Waals surface area contributed by atoms with Gasteiger partial charge in [-0.1, -0.05) is 61.5 Å². The van der Waals surface area contributed by atoms with Crippen LogP contribution in [-0.4, -0.2) is 55.8 Å². The topological polar surface area (TPSA) is 139 Å². The number of carbonyl (C=O) groups excluding carboxylic acids is 2. The molecule has 0 unspecified atom stereocenters. The Kier molecular flexibility index (Phi) is 12.1. The van der Waals surface area contributed by atoms with Gasteiger partial charge in [-0.05, 0) is 74.2 Å². The maximum absolute atomic E-state index is 14.4. The molecule has 0 radical (unpaired) electrons. The molecule has 0 aromatic heterocycles. The van der Waals surface area contributed by atoms with E-state index >= 15 is 0 Å². The third-order valence-corrected chi connectivity index (χ3v) is 10.8. The van der Waals surface area contributed by atoms with E-state index in [1.165, 1.54) is 43.2 Å². The zero-order valence-corrected chi connectivity index (χ0v) is 28.8. The van der Waals surface area contributed by atoms with E-state index in [0.29, 0.717) is 16.3 Å². The standard InChI is InChI=1S/C33H38Cl2N4O7S/c1-4-30(33(41)36-24-8-6-5-7-9-24)37(20-23-11-17-28(34)29(35)18-23)32(40)21-38(25-12-14-26(46-3)15-13-25)47(44,45)27-16-10-22(2)31(19-27)39(42)43/h10-19,24,30H,4-9,20-21H2,1-3H3,(H,36,41)/t30-/m1/s1. The van der Waals surface area contributed by atoms with Crippen molar-refractivity contribution in [2.24, 2.45) is 0 Å². The number of hydrogen-bond donors (Lipinski definition) is 1.